The third kappa shape index (κ3) is 2.84. The van der Waals surface area contributed by atoms with Gasteiger partial charge in [0.2, 0.25) is 0 Å². The Morgan fingerprint density at radius 3 is 2.90 bits per heavy atom. The van der Waals surface area contributed by atoms with Crippen LogP contribution in [-0.2, 0) is 4.74 Å². The molecule has 1 saturated heterocycles. The number of aryl methyl sites for hydroxylation is 1. The smallest absolute Gasteiger partial charge is 0.273 e. The first-order chi connectivity index (χ1) is 10.2. The molecule has 1 amide bonds. The first kappa shape index (κ1) is 14.2. The summed E-state index contributed by atoms with van der Waals surface area (Å²) in [7, 11) is 1.69. The van der Waals surface area contributed by atoms with Crippen molar-refractivity contribution in [1.82, 2.24) is 9.88 Å². The maximum absolute atomic E-state index is 12.3. The molecule has 0 bridgehead atoms. The third-order valence-electron chi connectivity index (χ3n) is 3.75. The molecule has 5 heteroatoms. The summed E-state index contributed by atoms with van der Waals surface area (Å²) >= 11 is 1.52. The summed E-state index contributed by atoms with van der Waals surface area (Å²) in [6, 6.07) is 8.11. The quantitative estimate of drug-likeness (QED) is 0.872. The molecule has 0 radical (unpaired) electrons. The number of rotatable bonds is 4. The predicted molar refractivity (Wildman–Crippen MR) is 83.6 cm³/mol. The van der Waals surface area contributed by atoms with Crippen LogP contribution in [0.3, 0.4) is 0 Å². The highest BCUT2D eigenvalue weighted by atomic mass is 32.1. The number of benzene rings is 1. The molecule has 0 aliphatic carbocycles. The second kappa shape index (κ2) is 5.95. The molecule has 2 aromatic rings. The van der Waals surface area contributed by atoms with Gasteiger partial charge < -0.3 is 9.64 Å². The fourth-order valence-corrected chi connectivity index (χ4v) is 3.43. The number of ether oxygens (including phenoxy) is 1. The highest BCUT2D eigenvalue weighted by molar-refractivity contribution is 7.13. The molecule has 3 rings (SSSR count). The van der Waals surface area contributed by atoms with E-state index >= 15 is 0 Å². The van der Waals surface area contributed by atoms with E-state index in [0.29, 0.717) is 11.6 Å². The second-order valence-electron chi connectivity index (χ2n) is 5.38. The van der Waals surface area contributed by atoms with Gasteiger partial charge in [-0.2, -0.15) is 0 Å². The highest BCUT2D eigenvalue weighted by Crippen LogP contribution is 2.28. The number of nitrogens with zero attached hydrogens (tertiary/aromatic N) is 2. The van der Waals surface area contributed by atoms with Gasteiger partial charge in [0, 0.05) is 37.1 Å². The number of hydrogen-bond donors (Lipinski definition) is 0. The number of likely N-dealkylation sites (tertiary alicyclic amines) is 1. The van der Waals surface area contributed by atoms with Gasteiger partial charge in [0.25, 0.3) is 5.91 Å². The van der Waals surface area contributed by atoms with Crippen molar-refractivity contribution in [3.8, 4) is 10.6 Å². The van der Waals surface area contributed by atoms with Crippen molar-refractivity contribution >= 4 is 17.2 Å². The van der Waals surface area contributed by atoms with Crippen molar-refractivity contribution < 1.29 is 9.53 Å². The average molecular weight is 302 g/mol. The average Bonchev–Trinajstić information content (AvgIpc) is 2.92. The Hall–Kier alpha value is -1.72. The topological polar surface area (TPSA) is 42.4 Å². The van der Waals surface area contributed by atoms with Crippen molar-refractivity contribution in [3.63, 3.8) is 0 Å². The number of carbonyl (C=O) groups is 1. The monoisotopic (exact) mass is 302 g/mol. The number of methoxy groups -OCH3 is 1. The maximum atomic E-state index is 12.3. The molecule has 2 heterocycles. The number of aromatic nitrogens is 1. The lowest BCUT2D eigenvalue weighted by molar-refractivity contribution is 0.0266. The maximum Gasteiger partial charge on any atom is 0.273 e. The molecule has 0 saturated carbocycles. The number of hydrogen-bond acceptors (Lipinski definition) is 4. The summed E-state index contributed by atoms with van der Waals surface area (Å²) in [6.07, 6.45) is 0. The van der Waals surface area contributed by atoms with Gasteiger partial charge in [0.05, 0.1) is 6.61 Å². The number of thiazole rings is 1. The molecule has 0 atom stereocenters. The minimum atomic E-state index is 0.0263. The van der Waals surface area contributed by atoms with E-state index in [1.807, 2.05) is 28.5 Å². The summed E-state index contributed by atoms with van der Waals surface area (Å²) in [5, 5.41) is 2.76. The summed E-state index contributed by atoms with van der Waals surface area (Å²) in [5.74, 6) is 0.492. The van der Waals surface area contributed by atoms with E-state index in [1.165, 1.54) is 16.9 Å². The summed E-state index contributed by atoms with van der Waals surface area (Å²) in [4.78, 5) is 18.7. The Morgan fingerprint density at radius 1 is 1.43 bits per heavy atom. The van der Waals surface area contributed by atoms with Crippen molar-refractivity contribution in [2.45, 2.75) is 6.92 Å². The largest absolute Gasteiger partial charge is 0.384 e. The van der Waals surface area contributed by atoms with Crippen LogP contribution in [0, 0.1) is 12.8 Å². The van der Waals surface area contributed by atoms with Crippen LogP contribution >= 0.6 is 11.3 Å². The van der Waals surface area contributed by atoms with E-state index in [9.17, 15) is 4.79 Å². The predicted octanol–water partition coefficient (Wildman–Crippen LogP) is 2.84. The van der Waals surface area contributed by atoms with Crippen molar-refractivity contribution in [2.75, 3.05) is 26.8 Å². The van der Waals surface area contributed by atoms with Crippen LogP contribution in [0.25, 0.3) is 10.6 Å². The zero-order valence-corrected chi connectivity index (χ0v) is 13.0. The van der Waals surface area contributed by atoms with Gasteiger partial charge in [0.15, 0.2) is 0 Å². The highest BCUT2D eigenvalue weighted by Gasteiger charge is 2.32. The molecule has 21 heavy (non-hydrogen) atoms. The van der Waals surface area contributed by atoms with Gasteiger partial charge in [-0.3, -0.25) is 4.79 Å². The van der Waals surface area contributed by atoms with Crippen molar-refractivity contribution in [3.05, 3.63) is 40.9 Å². The Bertz CT molecular complexity index is 647. The summed E-state index contributed by atoms with van der Waals surface area (Å²) in [5.41, 5.74) is 2.83. The van der Waals surface area contributed by atoms with Crippen LogP contribution < -0.4 is 0 Å². The van der Waals surface area contributed by atoms with E-state index in [0.717, 1.165) is 30.3 Å². The Labute approximate surface area is 128 Å². The lowest BCUT2D eigenvalue weighted by Crippen LogP contribution is -2.51. The van der Waals surface area contributed by atoms with Gasteiger partial charge in [-0.1, -0.05) is 24.3 Å². The molecule has 0 unspecified atom stereocenters. The SMILES string of the molecule is COCC1CN(C(=O)c2csc(-c3ccccc3C)n2)C1. The van der Waals surface area contributed by atoms with Crippen LogP contribution in [0.4, 0.5) is 0 Å². The van der Waals surface area contributed by atoms with E-state index in [1.54, 1.807) is 7.11 Å². The molecule has 110 valence electrons. The molecule has 1 aliphatic rings. The lowest BCUT2D eigenvalue weighted by Gasteiger charge is -2.38. The molecule has 1 aromatic heterocycles. The van der Waals surface area contributed by atoms with E-state index in [4.69, 9.17) is 4.74 Å². The molecular formula is C16H18N2O2S. The molecule has 1 aliphatic heterocycles. The normalized spacial score (nSPS) is 15.0. The number of carbonyl (C=O) groups excluding carboxylic acids is 1. The van der Waals surface area contributed by atoms with Gasteiger partial charge in [-0.05, 0) is 12.5 Å². The second-order valence-corrected chi connectivity index (χ2v) is 6.24. The van der Waals surface area contributed by atoms with Crippen LogP contribution in [0.5, 0.6) is 0 Å². The third-order valence-corrected chi connectivity index (χ3v) is 4.62. The fraction of sp³-hybridized carbons (Fsp3) is 0.375. The zero-order chi connectivity index (χ0) is 14.8. The lowest BCUT2D eigenvalue weighted by atomic mass is 10.0. The minimum absolute atomic E-state index is 0.0263. The van der Waals surface area contributed by atoms with Gasteiger partial charge in [-0.15, -0.1) is 11.3 Å². The van der Waals surface area contributed by atoms with Gasteiger partial charge in [-0.25, -0.2) is 4.98 Å². The number of amides is 1. The van der Waals surface area contributed by atoms with Gasteiger partial charge >= 0.3 is 0 Å². The van der Waals surface area contributed by atoms with Crippen LogP contribution in [0.15, 0.2) is 29.6 Å². The van der Waals surface area contributed by atoms with Crippen LogP contribution in [0.1, 0.15) is 16.1 Å². The summed E-state index contributed by atoms with van der Waals surface area (Å²) in [6.45, 7) is 4.31. The fourth-order valence-electron chi connectivity index (χ4n) is 2.55. The standard InChI is InChI=1S/C16H18N2O2S/c1-11-5-3-4-6-13(11)15-17-14(10-21-15)16(19)18-7-12(8-18)9-20-2/h3-6,10,12H,7-9H2,1-2H3. The summed E-state index contributed by atoms with van der Waals surface area (Å²) < 4.78 is 5.10. The van der Waals surface area contributed by atoms with Gasteiger partial charge in [0.1, 0.15) is 10.7 Å². The first-order valence-corrected chi connectivity index (χ1v) is 7.86. The molecular weight excluding hydrogens is 284 g/mol. The van der Waals surface area contributed by atoms with Crippen LogP contribution in [-0.4, -0.2) is 42.6 Å². The minimum Gasteiger partial charge on any atom is -0.384 e. The molecule has 1 aromatic carbocycles. The zero-order valence-electron chi connectivity index (χ0n) is 12.2. The van der Waals surface area contributed by atoms with Crippen molar-refractivity contribution in [2.24, 2.45) is 5.92 Å². The first-order valence-electron chi connectivity index (χ1n) is 6.98. The Morgan fingerprint density at radius 2 is 2.19 bits per heavy atom. The van der Waals surface area contributed by atoms with Crippen LogP contribution in [0.2, 0.25) is 0 Å². The van der Waals surface area contributed by atoms with Crippen molar-refractivity contribution in [1.29, 1.82) is 0 Å². The Balaban J connectivity index is 1.71. The molecule has 1 fully saturated rings. The molecule has 0 N–H and O–H groups in total. The van der Waals surface area contributed by atoms with E-state index < -0.39 is 0 Å². The van der Waals surface area contributed by atoms with E-state index in [2.05, 4.69) is 18.0 Å². The Kier molecular flexibility index (Phi) is 4.03. The van der Waals surface area contributed by atoms with E-state index in [-0.39, 0.29) is 5.91 Å². The molecule has 0 spiro atoms. The molecule has 4 nitrogen and oxygen atoms in total.